The Morgan fingerprint density at radius 3 is 2.54 bits per heavy atom. The quantitative estimate of drug-likeness (QED) is 0.659. The van der Waals surface area contributed by atoms with E-state index in [0.29, 0.717) is 0 Å². The van der Waals surface area contributed by atoms with Gasteiger partial charge in [0.2, 0.25) is 5.52 Å². The van der Waals surface area contributed by atoms with E-state index in [2.05, 4.69) is 14.9 Å². The van der Waals surface area contributed by atoms with Gasteiger partial charge in [-0.25, -0.2) is 4.63 Å². The minimum absolute atomic E-state index is 0.0869. The zero-order chi connectivity index (χ0) is 17.6. The van der Waals surface area contributed by atoms with Gasteiger partial charge in [-0.3, -0.25) is 14.9 Å². The number of hydrogen-bond donors (Lipinski definition) is 1. The first-order valence-corrected chi connectivity index (χ1v) is 6.64. The van der Waals surface area contributed by atoms with Crippen molar-refractivity contribution in [2.45, 2.75) is 6.18 Å². The number of alkyl halides is 3. The van der Waals surface area contributed by atoms with E-state index in [1.165, 1.54) is 11.0 Å². The normalized spacial score (nSPS) is 21.4. The number of aromatic nitrogens is 2. The highest BCUT2D eigenvalue weighted by Crippen LogP contribution is 2.41. The third kappa shape index (κ3) is 2.49. The molecule has 1 aromatic heterocycles. The van der Waals surface area contributed by atoms with Gasteiger partial charge >= 0.3 is 17.8 Å². The molecule has 12 heteroatoms. The van der Waals surface area contributed by atoms with Crippen LogP contribution in [0.15, 0.2) is 16.8 Å². The molecule has 0 bridgehead atoms. The molecule has 1 saturated heterocycles. The van der Waals surface area contributed by atoms with Crippen LogP contribution in [0, 0.1) is 22.0 Å². The second-order valence-electron chi connectivity index (χ2n) is 5.32. The van der Waals surface area contributed by atoms with Crippen molar-refractivity contribution in [3.8, 4) is 0 Å². The first-order chi connectivity index (χ1) is 11.2. The van der Waals surface area contributed by atoms with E-state index in [9.17, 15) is 28.1 Å². The summed E-state index contributed by atoms with van der Waals surface area (Å²) < 4.78 is 43.6. The molecule has 0 aliphatic carbocycles. The molecule has 1 aliphatic rings. The molecule has 2 aromatic rings. The van der Waals surface area contributed by atoms with Gasteiger partial charge in [-0.1, -0.05) is 0 Å². The van der Waals surface area contributed by atoms with E-state index in [-0.39, 0.29) is 16.7 Å². The maximum atomic E-state index is 13.1. The van der Waals surface area contributed by atoms with Crippen molar-refractivity contribution in [3.63, 3.8) is 0 Å². The highest BCUT2D eigenvalue weighted by atomic mass is 19.4. The molecular formula is C12H9F3N4O5. The summed E-state index contributed by atoms with van der Waals surface area (Å²) in [4.78, 5) is 22.5. The van der Waals surface area contributed by atoms with Crippen LogP contribution in [-0.2, 0) is 4.79 Å². The van der Waals surface area contributed by atoms with Gasteiger partial charge in [-0.15, -0.1) is 0 Å². The number of nitrogens with zero attached hydrogens (tertiary/aromatic N) is 4. The van der Waals surface area contributed by atoms with Crippen molar-refractivity contribution in [2.75, 3.05) is 18.0 Å². The number of benzene rings is 1. The van der Waals surface area contributed by atoms with Gasteiger partial charge in [-0.2, -0.15) is 13.2 Å². The Kier molecular flexibility index (Phi) is 3.53. The van der Waals surface area contributed by atoms with Gasteiger partial charge in [0.25, 0.3) is 0 Å². The van der Waals surface area contributed by atoms with Gasteiger partial charge in [-0.05, 0) is 16.4 Å². The average Bonchev–Trinajstić information content (AvgIpc) is 3.12. The lowest BCUT2D eigenvalue weighted by molar-refractivity contribution is -0.383. The van der Waals surface area contributed by atoms with Crippen LogP contribution < -0.4 is 4.90 Å². The van der Waals surface area contributed by atoms with Crippen LogP contribution in [0.5, 0.6) is 0 Å². The first kappa shape index (κ1) is 16.0. The van der Waals surface area contributed by atoms with Crippen LogP contribution in [0.2, 0.25) is 0 Å². The molecule has 9 nitrogen and oxygen atoms in total. The van der Waals surface area contributed by atoms with Gasteiger partial charge < -0.3 is 10.0 Å². The highest BCUT2D eigenvalue weighted by molar-refractivity contribution is 5.94. The molecule has 24 heavy (non-hydrogen) atoms. The smallest absolute Gasteiger partial charge is 0.394 e. The SMILES string of the molecule is O=C(O)[C@@H]1CN(c2ccc([N+](=O)[O-])c3nonc23)C[C@H]1C(F)(F)F. The summed E-state index contributed by atoms with van der Waals surface area (Å²) in [6.07, 6.45) is -4.68. The van der Waals surface area contributed by atoms with Gasteiger partial charge in [0, 0.05) is 19.2 Å². The second-order valence-corrected chi connectivity index (χ2v) is 5.32. The first-order valence-electron chi connectivity index (χ1n) is 6.64. The number of aliphatic carboxylic acids is 1. The van der Waals surface area contributed by atoms with Crippen molar-refractivity contribution in [1.82, 2.24) is 10.3 Å². The summed E-state index contributed by atoms with van der Waals surface area (Å²) in [5.74, 6) is -5.26. The lowest BCUT2D eigenvalue weighted by Gasteiger charge is -2.19. The van der Waals surface area contributed by atoms with E-state index in [4.69, 9.17) is 5.11 Å². The van der Waals surface area contributed by atoms with Crippen molar-refractivity contribution in [1.29, 1.82) is 0 Å². The number of carboxylic acid groups (broad SMARTS) is 1. The molecule has 0 amide bonds. The Morgan fingerprint density at radius 2 is 2.00 bits per heavy atom. The minimum Gasteiger partial charge on any atom is -0.481 e. The summed E-state index contributed by atoms with van der Waals surface area (Å²) in [7, 11) is 0. The monoisotopic (exact) mass is 346 g/mol. The maximum absolute atomic E-state index is 13.1. The Labute approximate surface area is 130 Å². The molecule has 0 radical (unpaired) electrons. The predicted octanol–water partition coefficient (Wildman–Crippen LogP) is 1.83. The highest BCUT2D eigenvalue weighted by Gasteiger charge is 2.53. The summed E-state index contributed by atoms with van der Waals surface area (Å²) in [6, 6.07) is 2.28. The molecule has 1 fully saturated rings. The zero-order valence-electron chi connectivity index (χ0n) is 11.7. The van der Waals surface area contributed by atoms with Crippen LogP contribution in [-0.4, -0.2) is 45.6 Å². The van der Waals surface area contributed by atoms with Crippen molar-refractivity contribution in [3.05, 3.63) is 22.2 Å². The minimum atomic E-state index is -4.68. The van der Waals surface area contributed by atoms with E-state index < -0.39 is 47.7 Å². The molecule has 1 aliphatic heterocycles. The van der Waals surface area contributed by atoms with Gasteiger partial charge in [0.1, 0.15) is 0 Å². The number of carboxylic acids is 1. The van der Waals surface area contributed by atoms with Crippen LogP contribution in [0.25, 0.3) is 11.0 Å². The molecule has 3 rings (SSSR count). The van der Waals surface area contributed by atoms with Gasteiger partial charge in [0.15, 0.2) is 5.52 Å². The average molecular weight is 346 g/mol. The Balaban J connectivity index is 2.03. The Bertz CT molecular complexity index is 821. The van der Waals surface area contributed by atoms with E-state index in [1.807, 2.05) is 0 Å². The van der Waals surface area contributed by atoms with Crippen molar-refractivity contribution < 1.29 is 32.6 Å². The Morgan fingerprint density at radius 1 is 1.33 bits per heavy atom. The number of anilines is 1. The number of non-ortho nitro benzene ring substituents is 1. The number of carbonyl (C=O) groups is 1. The van der Waals surface area contributed by atoms with Crippen LogP contribution in [0.3, 0.4) is 0 Å². The second kappa shape index (κ2) is 5.32. The summed E-state index contributed by atoms with van der Waals surface area (Å²) >= 11 is 0. The molecule has 2 atom stereocenters. The lowest BCUT2D eigenvalue weighted by atomic mass is 9.96. The van der Waals surface area contributed by atoms with E-state index in [0.717, 1.165) is 6.07 Å². The fraction of sp³-hybridized carbons (Fsp3) is 0.417. The topological polar surface area (TPSA) is 123 Å². The molecule has 1 aromatic carbocycles. The number of halogens is 3. The molecular weight excluding hydrogens is 337 g/mol. The molecule has 2 heterocycles. The van der Waals surface area contributed by atoms with Crippen LogP contribution in [0.1, 0.15) is 0 Å². The third-order valence-electron chi connectivity index (χ3n) is 3.97. The molecule has 1 N–H and O–H groups in total. The van der Waals surface area contributed by atoms with Crippen LogP contribution in [0.4, 0.5) is 24.5 Å². The fourth-order valence-corrected chi connectivity index (χ4v) is 2.83. The van der Waals surface area contributed by atoms with E-state index >= 15 is 0 Å². The zero-order valence-corrected chi connectivity index (χ0v) is 11.7. The number of nitro groups is 1. The number of hydrogen-bond acceptors (Lipinski definition) is 7. The summed E-state index contributed by atoms with van der Waals surface area (Å²) in [6.45, 7) is -1.00. The fourth-order valence-electron chi connectivity index (χ4n) is 2.83. The van der Waals surface area contributed by atoms with Crippen LogP contribution >= 0.6 is 0 Å². The number of nitro benzene ring substituents is 1. The summed E-state index contributed by atoms with van der Waals surface area (Å²) in [5.41, 5.74) is -0.595. The van der Waals surface area contributed by atoms with E-state index in [1.54, 1.807) is 0 Å². The molecule has 0 spiro atoms. The molecule has 0 unspecified atom stereocenters. The standard InChI is InChI=1S/C12H9F3N4O5/c13-12(14,15)6-4-18(3-5(6)11(20)21)7-1-2-8(19(22)23)10-9(7)16-24-17-10/h1-2,5-6H,3-4H2,(H,20,21)/t5-,6-/m1/s1. The predicted molar refractivity (Wildman–Crippen MR) is 71.3 cm³/mol. The maximum Gasteiger partial charge on any atom is 0.394 e. The van der Waals surface area contributed by atoms with Gasteiger partial charge in [0.05, 0.1) is 22.4 Å². The third-order valence-corrected chi connectivity index (χ3v) is 3.97. The Hall–Kier alpha value is -2.92. The number of fused-ring (bicyclic) bond motifs is 1. The lowest BCUT2D eigenvalue weighted by Crippen LogP contribution is -2.33. The van der Waals surface area contributed by atoms with Crippen molar-refractivity contribution >= 4 is 28.4 Å². The number of rotatable bonds is 3. The molecule has 0 saturated carbocycles. The van der Waals surface area contributed by atoms with Crippen molar-refractivity contribution in [2.24, 2.45) is 11.8 Å². The largest absolute Gasteiger partial charge is 0.481 e. The molecule has 128 valence electrons. The summed E-state index contributed by atoms with van der Waals surface area (Å²) in [5, 5.41) is 26.9.